The van der Waals surface area contributed by atoms with Crippen LogP contribution < -0.4 is 9.47 Å². The minimum Gasteiger partial charge on any atom is -0.493 e. The lowest BCUT2D eigenvalue weighted by Crippen LogP contribution is -1.95. The van der Waals surface area contributed by atoms with Crippen LogP contribution in [0.4, 0.5) is 0 Å². The molecule has 14 heavy (non-hydrogen) atoms. The molecule has 0 aromatic heterocycles. The summed E-state index contributed by atoms with van der Waals surface area (Å²) >= 11 is 3.58. The summed E-state index contributed by atoms with van der Waals surface area (Å²) in [4.78, 5) is 0. The summed E-state index contributed by atoms with van der Waals surface area (Å²) < 4.78 is 11.7. The van der Waals surface area contributed by atoms with Crippen molar-refractivity contribution in [2.75, 3.05) is 14.2 Å². The standard InChI is InChI=1S/C11H13BrO2/c1-13-9-6-7-4-3-5-8(7)10(12)11(9)14-2/h6H,3-5H2,1-2H3. The van der Waals surface area contributed by atoms with Crippen LogP contribution in [0.3, 0.4) is 0 Å². The van der Waals surface area contributed by atoms with Crippen LogP contribution in [-0.4, -0.2) is 14.2 Å². The van der Waals surface area contributed by atoms with Gasteiger partial charge < -0.3 is 9.47 Å². The molecule has 0 aliphatic heterocycles. The number of fused-ring (bicyclic) bond motifs is 1. The molecule has 1 aliphatic carbocycles. The van der Waals surface area contributed by atoms with Crippen molar-refractivity contribution in [1.29, 1.82) is 0 Å². The highest BCUT2D eigenvalue weighted by Gasteiger charge is 2.20. The van der Waals surface area contributed by atoms with Crippen molar-refractivity contribution in [3.8, 4) is 11.5 Å². The van der Waals surface area contributed by atoms with E-state index in [0.29, 0.717) is 0 Å². The van der Waals surface area contributed by atoms with Gasteiger partial charge in [0.05, 0.1) is 18.7 Å². The normalized spacial score (nSPS) is 13.9. The highest BCUT2D eigenvalue weighted by Crippen LogP contribution is 2.42. The van der Waals surface area contributed by atoms with Gasteiger partial charge in [0.1, 0.15) is 0 Å². The summed E-state index contributed by atoms with van der Waals surface area (Å²) in [5, 5.41) is 0. The first kappa shape index (κ1) is 9.84. The van der Waals surface area contributed by atoms with Crippen LogP contribution in [0.15, 0.2) is 10.5 Å². The lowest BCUT2D eigenvalue weighted by atomic mass is 10.1. The second kappa shape index (κ2) is 3.81. The molecular weight excluding hydrogens is 244 g/mol. The van der Waals surface area contributed by atoms with Crippen molar-refractivity contribution in [3.05, 3.63) is 21.7 Å². The Morgan fingerprint density at radius 1 is 1.21 bits per heavy atom. The van der Waals surface area contributed by atoms with Crippen LogP contribution in [0, 0.1) is 0 Å². The van der Waals surface area contributed by atoms with Crippen molar-refractivity contribution in [1.82, 2.24) is 0 Å². The molecule has 0 heterocycles. The molecule has 0 spiro atoms. The van der Waals surface area contributed by atoms with Crippen molar-refractivity contribution < 1.29 is 9.47 Å². The Balaban J connectivity index is 2.60. The van der Waals surface area contributed by atoms with E-state index in [4.69, 9.17) is 9.47 Å². The van der Waals surface area contributed by atoms with Gasteiger partial charge in [0, 0.05) is 0 Å². The zero-order chi connectivity index (χ0) is 10.1. The Bertz CT molecular complexity index is 361. The van der Waals surface area contributed by atoms with E-state index in [9.17, 15) is 0 Å². The molecule has 1 aliphatic rings. The highest BCUT2D eigenvalue weighted by atomic mass is 79.9. The smallest absolute Gasteiger partial charge is 0.175 e. The second-order valence-electron chi connectivity index (χ2n) is 3.42. The third kappa shape index (κ3) is 1.40. The predicted molar refractivity (Wildman–Crippen MR) is 59.3 cm³/mol. The molecule has 0 amide bonds. The van der Waals surface area contributed by atoms with Gasteiger partial charge in [0.2, 0.25) is 0 Å². The number of halogens is 1. The molecule has 0 unspecified atom stereocenters. The highest BCUT2D eigenvalue weighted by molar-refractivity contribution is 9.10. The van der Waals surface area contributed by atoms with Crippen LogP contribution in [0.25, 0.3) is 0 Å². The van der Waals surface area contributed by atoms with Gasteiger partial charge in [-0.1, -0.05) is 0 Å². The van der Waals surface area contributed by atoms with E-state index in [0.717, 1.165) is 28.8 Å². The van der Waals surface area contributed by atoms with Gasteiger partial charge in [-0.15, -0.1) is 0 Å². The number of hydrogen-bond acceptors (Lipinski definition) is 2. The summed E-state index contributed by atoms with van der Waals surface area (Å²) in [6.07, 6.45) is 3.51. The van der Waals surface area contributed by atoms with E-state index < -0.39 is 0 Å². The molecule has 3 heteroatoms. The third-order valence-electron chi connectivity index (χ3n) is 2.68. The molecule has 0 N–H and O–H groups in total. The van der Waals surface area contributed by atoms with Crippen LogP contribution in [0.1, 0.15) is 17.5 Å². The van der Waals surface area contributed by atoms with Crippen molar-refractivity contribution in [3.63, 3.8) is 0 Å². The van der Waals surface area contributed by atoms with Gasteiger partial charge in [0.25, 0.3) is 0 Å². The molecule has 2 rings (SSSR count). The van der Waals surface area contributed by atoms with Gasteiger partial charge in [-0.2, -0.15) is 0 Å². The first-order chi connectivity index (χ1) is 6.77. The fourth-order valence-electron chi connectivity index (χ4n) is 1.99. The average Bonchev–Trinajstić information content (AvgIpc) is 2.65. The Kier molecular flexibility index (Phi) is 2.68. The first-order valence-corrected chi connectivity index (χ1v) is 5.49. The quantitative estimate of drug-likeness (QED) is 0.810. The third-order valence-corrected chi connectivity index (χ3v) is 3.52. The van der Waals surface area contributed by atoms with Crippen molar-refractivity contribution in [2.45, 2.75) is 19.3 Å². The Morgan fingerprint density at radius 2 is 2.00 bits per heavy atom. The number of hydrogen-bond donors (Lipinski definition) is 0. The fraction of sp³-hybridized carbons (Fsp3) is 0.455. The van der Waals surface area contributed by atoms with Gasteiger partial charge >= 0.3 is 0 Å². The fourth-order valence-corrected chi connectivity index (χ4v) is 2.80. The summed E-state index contributed by atoms with van der Waals surface area (Å²) in [6, 6.07) is 2.09. The van der Waals surface area contributed by atoms with Crippen molar-refractivity contribution in [2.24, 2.45) is 0 Å². The summed E-state index contributed by atoms with van der Waals surface area (Å²) in [5.74, 6) is 1.63. The Morgan fingerprint density at radius 3 is 2.64 bits per heavy atom. The monoisotopic (exact) mass is 256 g/mol. The summed E-state index contributed by atoms with van der Waals surface area (Å²) in [7, 11) is 3.34. The first-order valence-electron chi connectivity index (χ1n) is 4.70. The van der Waals surface area contributed by atoms with E-state index >= 15 is 0 Å². The van der Waals surface area contributed by atoms with Crippen LogP contribution >= 0.6 is 15.9 Å². The Labute approximate surface area is 92.3 Å². The van der Waals surface area contributed by atoms with E-state index in [2.05, 4.69) is 22.0 Å². The second-order valence-corrected chi connectivity index (χ2v) is 4.21. The number of methoxy groups -OCH3 is 2. The van der Waals surface area contributed by atoms with Crippen molar-refractivity contribution >= 4 is 15.9 Å². The molecular formula is C11H13BrO2. The topological polar surface area (TPSA) is 18.5 Å². The van der Waals surface area contributed by atoms with Crippen LogP contribution in [-0.2, 0) is 12.8 Å². The number of benzene rings is 1. The maximum atomic E-state index is 5.32. The van der Waals surface area contributed by atoms with Gasteiger partial charge in [-0.3, -0.25) is 0 Å². The maximum Gasteiger partial charge on any atom is 0.175 e. The maximum absolute atomic E-state index is 5.32. The molecule has 0 radical (unpaired) electrons. The van der Waals surface area contributed by atoms with E-state index in [-0.39, 0.29) is 0 Å². The van der Waals surface area contributed by atoms with E-state index in [1.807, 2.05) is 0 Å². The molecule has 0 saturated heterocycles. The average molecular weight is 257 g/mol. The molecule has 0 atom stereocenters. The summed E-state index contributed by atoms with van der Waals surface area (Å²) in [6.45, 7) is 0. The van der Waals surface area contributed by atoms with Crippen LogP contribution in [0.2, 0.25) is 0 Å². The zero-order valence-electron chi connectivity index (χ0n) is 8.39. The minimum absolute atomic E-state index is 0.813. The summed E-state index contributed by atoms with van der Waals surface area (Å²) in [5.41, 5.74) is 2.76. The minimum atomic E-state index is 0.813. The lowest BCUT2D eigenvalue weighted by molar-refractivity contribution is 0.352. The Hall–Kier alpha value is -0.700. The molecule has 2 nitrogen and oxygen atoms in total. The SMILES string of the molecule is COc1cc2c(c(Br)c1OC)CCC2. The van der Waals surface area contributed by atoms with E-state index in [1.165, 1.54) is 17.5 Å². The molecule has 0 saturated carbocycles. The number of rotatable bonds is 2. The van der Waals surface area contributed by atoms with Gasteiger partial charge in [0.15, 0.2) is 11.5 Å². The molecule has 1 aromatic carbocycles. The van der Waals surface area contributed by atoms with E-state index in [1.54, 1.807) is 14.2 Å². The number of ether oxygens (including phenoxy) is 2. The zero-order valence-corrected chi connectivity index (χ0v) is 9.98. The molecule has 1 aromatic rings. The van der Waals surface area contributed by atoms with Crippen LogP contribution in [0.5, 0.6) is 11.5 Å². The molecule has 76 valence electrons. The molecule has 0 bridgehead atoms. The molecule has 0 fully saturated rings. The predicted octanol–water partition coefficient (Wildman–Crippen LogP) is 2.96. The van der Waals surface area contributed by atoms with Gasteiger partial charge in [-0.25, -0.2) is 0 Å². The lowest BCUT2D eigenvalue weighted by Gasteiger charge is -2.13. The largest absolute Gasteiger partial charge is 0.493 e. The van der Waals surface area contributed by atoms with Gasteiger partial charge in [-0.05, 0) is 52.4 Å². The number of aryl methyl sites for hydroxylation is 1.